The lowest BCUT2D eigenvalue weighted by molar-refractivity contribution is -0.384. The molecule has 2 aromatic rings. The fraction of sp³-hybridized carbons (Fsp3) is 0.250. The molecule has 0 unspecified atom stereocenters. The third-order valence-corrected chi connectivity index (χ3v) is 4.11. The lowest BCUT2D eigenvalue weighted by atomic mass is 10.1. The number of hydrogen-bond acceptors (Lipinski definition) is 4. The number of nitro groups is 1. The maximum absolute atomic E-state index is 11.0. The van der Waals surface area contributed by atoms with Gasteiger partial charge in [-0.15, -0.1) is 0 Å². The quantitative estimate of drug-likeness (QED) is 0.696. The van der Waals surface area contributed by atoms with E-state index in [9.17, 15) is 10.1 Å². The number of para-hydroxylation sites is 1. The summed E-state index contributed by atoms with van der Waals surface area (Å²) in [7, 11) is 0. The molecule has 0 spiro atoms. The number of anilines is 1. The number of nitro benzene ring substituents is 1. The van der Waals surface area contributed by atoms with Crippen LogP contribution in [-0.4, -0.2) is 18.0 Å². The van der Waals surface area contributed by atoms with Crippen molar-refractivity contribution < 1.29 is 4.92 Å². The molecule has 0 amide bonds. The second-order valence-electron chi connectivity index (χ2n) is 5.27. The van der Waals surface area contributed by atoms with Gasteiger partial charge in [-0.05, 0) is 23.3 Å². The Balaban J connectivity index is 1.90. The largest absolute Gasteiger partial charge is 0.366 e. The summed E-state index contributed by atoms with van der Waals surface area (Å²) in [6.07, 6.45) is 0. The zero-order valence-electron chi connectivity index (χ0n) is 12.0. The molecule has 1 N–H and O–H groups in total. The first-order valence-corrected chi connectivity index (χ1v) is 7.49. The summed E-state index contributed by atoms with van der Waals surface area (Å²) in [6.45, 7) is 3.20. The van der Waals surface area contributed by atoms with Crippen LogP contribution in [-0.2, 0) is 13.1 Å². The predicted octanol–water partition coefficient (Wildman–Crippen LogP) is 3.36. The van der Waals surface area contributed by atoms with Crippen LogP contribution in [0.4, 0.5) is 11.4 Å². The highest BCUT2D eigenvalue weighted by molar-refractivity contribution is 6.32. The highest BCUT2D eigenvalue weighted by Gasteiger charge is 2.17. The second-order valence-corrected chi connectivity index (χ2v) is 5.68. The third kappa shape index (κ3) is 3.05. The minimum atomic E-state index is -0.441. The molecular weight excluding hydrogens is 302 g/mol. The second kappa shape index (κ2) is 6.34. The van der Waals surface area contributed by atoms with Crippen molar-refractivity contribution in [2.75, 3.05) is 18.0 Å². The van der Waals surface area contributed by atoms with Gasteiger partial charge < -0.3 is 10.2 Å². The summed E-state index contributed by atoms with van der Waals surface area (Å²) in [5.41, 5.74) is 3.25. The number of rotatable bonds is 3. The Morgan fingerprint density at radius 3 is 2.91 bits per heavy atom. The van der Waals surface area contributed by atoms with E-state index in [0.717, 1.165) is 25.2 Å². The molecule has 0 saturated heterocycles. The van der Waals surface area contributed by atoms with Crippen LogP contribution in [0.3, 0.4) is 0 Å². The monoisotopic (exact) mass is 317 g/mol. The van der Waals surface area contributed by atoms with Crippen LogP contribution in [0.5, 0.6) is 0 Å². The molecule has 2 aromatic carbocycles. The number of hydrogen-bond donors (Lipinski definition) is 1. The van der Waals surface area contributed by atoms with Crippen molar-refractivity contribution in [1.82, 2.24) is 5.32 Å². The van der Waals surface area contributed by atoms with Crippen LogP contribution in [0.1, 0.15) is 11.1 Å². The van der Waals surface area contributed by atoms with Crippen molar-refractivity contribution in [3.63, 3.8) is 0 Å². The SMILES string of the molecule is O=[N+]([O-])c1cc(CN2CCNCc3ccccc32)ccc1Cl. The Morgan fingerprint density at radius 1 is 1.27 bits per heavy atom. The summed E-state index contributed by atoms with van der Waals surface area (Å²) >= 11 is 5.88. The first-order chi connectivity index (χ1) is 10.6. The van der Waals surface area contributed by atoms with Crippen molar-refractivity contribution in [3.05, 3.63) is 68.7 Å². The molecule has 5 nitrogen and oxygen atoms in total. The van der Waals surface area contributed by atoms with E-state index in [1.54, 1.807) is 12.1 Å². The smallest absolute Gasteiger partial charge is 0.288 e. The molecule has 6 heteroatoms. The van der Waals surface area contributed by atoms with Gasteiger partial charge in [-0.1, -0.05) is 35.9 Å². The molecule has 22 heavy (non-hydrogen) atoms. The van der Waals surface area contributed by atoms with Gasteiger partial charge in [0.2, 0.25) is 0 Å². The normalized spacial score (nSPS) is 14.3. The number of halogens is 1. The van der Waals surface area contributed by atoms with E-state index < -0.39 is 4.92 Å². The molecule has 0 radical (unpaired) electrons. The molecular formula is C16H16ClN3O2. The maximum Gasteiger partial charge on any atom is 0.288 e. The van der Waals surface area contributed by atoms with Gasteiger partial charge in [-0.25, -0.2) is 0 Å². The fourth-order valence-corrected chi connectivity index (χ4v) is 2.89. The van der Waals surface area contributed by atoms with Crippen molar-refractivity contribution in [2.45, 2.75) is 13.1 Å². The van der Waals surface area contributed by atoms with Gasteiger partial charge >= 0.3 is 0 Å². The van der Waals surface area contributed by atoms with Gasteiger partial charge in [0.1, 0.15) is 5.02 Å². The maximum atomic E-state index is 11.0. The zero-order valence-corrected chi connectivity index (χ0v) is 12.7. The van der Waals surface area contributed by atoms with Gasteiger partial charge in [0, 0.05) is 37.9 Å². The van der Waals surface area contributed by atoms with Crippen molar-refractivity contribution >= 4 is 23.0 Å². The van der Waals surface area contributed by atoms with Crippen LogP contribution in [0.25, 0.3) is 0 Å². The van der Waals surface area contributed by atoms with Crippen LogP contribution >= 0.6 is 11.6 Å². The van der Waals surface area contributed by atoms with E-state index in [0.29, 0.717) is 6.54 Å². The zero-order chi connectivity index (χ0) is 15.5. The van der Waals surface area contributed by atoms with Crippen molar-refractivity contribution in [1.29, 1.82) is 0 Å². The highest BCUT2D eigenvalue weighted by atomic mass is 35.5. The van der Waals surface area contributed by atoms with E-state index in [4.69, 9.17) is 11.6 Å². The Kier molecular flexibility index (Phi) is 4.27. The fourth-order valence-electron chi connectivity index (χ4n) is 2.71. The van der Waals surface area contributed by atoms with E-state index in [1.807, 2.05) is 18.2 Å². The minimum absolute atomic E-state index is 0.0413. The average Bonchev–Trinajstić information content (AvgIpc) is 2.72. The van der Waals surface area contributed by atoms with Gasteiger partial charge in [-0.2, -0.15) is 0 Å². The lowest BCUT2D eigenvalue weighted by Gasteiger charge is -2.24. The van der Waals surface area contributed by atoms with E-state index in [1.165, 1.54) is 11.3 Å². The van der Waals surface area contributed by atoms with Gasteiger partial charge in [0.05, 0.1) is 4.92 Å². The summed E-state index contributed by atoms with van der Waals surface area (Å²) in [5, 5.41) is 14.6. The molecule has 0 atom stereocenters. The number of benzene rings is 2. The standard InChI is InChI=1S/C16H16ClN3O2/c17-14-6-5-12(9-16(14)20(21)22)11-19-8-7-18-10-13-3-1-2-4-15(13)19/h1-6,9,18H,7-8,10-11H2. The topological polar surface area (TPSA) is 58.4 Å². The van der Waals surface area contributed by atoms with Crippen LogP contribution < -0.4 is 10.2 Å². The molecule has 0 bridgehead atoms. The van der Waals surface area contributed by atoms with Crippen molar-refractivity contribution in [2.24, 2.45) is 0 Å². The van der Waals surface area contributed by atoms with E-state index in [2.05, 4.69) is 22.3 Å². The first-order valence-electron chi connectivity index (χ1n) is 7.11. The molecule has 114 valence electrons. The van der Waals surface area contributed by atoms with E-state index in [-0.39, 0.29) is 10.7 Å². The molecule has 1 heterocycles. The Morgan fingerprint density at radius 2 is 2.09 bits per heavy atom. The number of nitrogens with one attached hydrogen (secondary N) is 1. The summed E-state index contributed by atoms with van der Waals surface area (Å²) in [4.78, 5) is 12.8. The van der Waals surface area contributed by atoms with Crippen LogP contribution in [0.15, 0.2) is 42.5 Å². The Labute approximate surface area is 133 Å². The van der Waals surface area contributed by atoms with Crippen LogP contribution in [0, 0.1) is 10.1 Å². The van der Waals surface area contributed by atoms with Gasteiger partial charge in [0.15, 0.2) is 0 Å². The molecule has 0 aromatic heterocycles. The Bertz CT molecular complexity index is 706. The molecule has 1 aliphatic heterocycles. The minimum Gasteiger partial charge on any atom is -0.366 e. The van der Waals surface area contributed by atoms with E-state index >= 15 is 0 Å². The molecule has 0 fully saturated rings. The van der Waals surface area contributed by atoms with Crippen LogP contribution in [0.2, 0.25) is 5.02 Å². The summed E-state index contributed by atoms with van der Waals surface area (Å²) in [6, 6.07) is 13.2. The lowest BCUT2D eigenvalue weighted by Crippen LogP contribution is -2.28. The third-order valence-electron chi connectivity index (χ3n) is 3.79. The van der Waals surface area contributed by atoms with Crippen molar-refractivity contribution in [3.8, 4) is 0 Å². The van der Waals surface area contributed by atoms with Gasteiger partial charge in [0.25, 0.3) is 5.69 Å². The summed E-state index contributed by atoms with van der Waals surface area (Å²) in [5.74, 6) is 0. The predicted molar refractivity (Wildman–Crippen MR) is 87.3 cm³/mol. The Hall–Kier alpha value is -2.11. The number of nitrogens with zero attached hydrogens (tertiary/aromatic N) is 2. The average molecular weight is 318 g/mol. The molecule has 0 saturated carbocycles. The highest BCUT2D eigenvalue weighted by Crippen LogP contribution is 2.28. The summed E-state index contributed by atoms with van der Waals surface area (Å²) < 4.78 is 0. The van der Waals surface area contributed by atoms with Gasteiger partial charge in [-0.3, -0.25) is 10.1 Å². The molecule has 3 rings (SSSR count). The number of fused-ring (bicyclic) bond motifs is 1. The molecule has 0 aliphatic carbocycles. The first kappa shape index (κ1) is 14.8. The molecule has 1 aliphatic rings.